The highest BCUT2D eigenvalue weighted by molar-refractivity contribution is 5.49. The Kier molecular flexibility index (Phi) is 4.70. The van der Waals surface area contributed by atoms with Crippen LogP contribution < -0.4 is 10.1 Å². The maximum Gasteiger partial charge on any atom is 0.181 e. The number of aryl methyl sites for hydroxylation is 1. The highest BCUT2D eigenvalue weighted by Crippen LogP contribution is 2.29. The Morgan fingerprint density at radius 3 is 2.56 bits per heavy atom. The van der Waals surface area contributed by atoms with Crippen molar-refractivity contribution in [2.45, 2.75) is 32.7 Å². The van der Waals surface area contributed by atoms with Crippen molar-refractivity contribution in [2.75, 3.05) is 12.4 Å². The standard InChI is InChI=1S/C19H23N5O/c1-5-19(3,20-15-9-11-17(25-4)12-10-15)18-21-22-23-24(18)16-8-6-7-14(2)13-16/h6-13,20H,5H2,1-4H3/t19-/m0/s1. The van der Waals surface area contributed by atoms with E-state index in [1.807, 2.05) is 36.4 Å². The summed E-state index contributed by atoms with van der Waals surface area (Å²) in [5, 5.41) is 16.0. The first kappa shape index (κ1) is 17.0. The molecule has 1 N–H and O–H groups in total. The third kappa shape index (κ3) is 3.47. The van der Waals surface area contributed by atoms with Crippen molar-refractivity contribution in [1.29, 1.82) is 0 Å². The van der Waals surface area contributed by atoms with Gasteiger partial charge in [-0.3, -0.25) is 0 Å². The van der Waals surface area contributed by atoms with Crippen LogP contribution in [0.15, 0.2) is 48.5 Å². The summed E-state index contributed by atoms with van der Waals surface area (Å²) in [5.41, 5.74) is 2.70. The molecule has 3 aromatic rings. The number of rotatable bonds is 6. The number of nitrogens with one attached hydrogen (secondary N) is 1. The molecular formula is C19H23N5O. The van der Waals surface area contributed by atoms with E-state index >= 15 is 0 Å². The molecule has 6 heteroatoms. The van der Waals surface area contributed by atoms with Gasteiger partial charge in [0, 0.05) is 5.69 Å². The molecule has 130 valence electrons. The summed E-state index contributed by atoms with van der Waals surface area (Å²) in [5.74, 6) is 1.60. The predicted octanol–water partition coefficient (Wildman–Crippen LogP) is 3.72. The largest absolute Gasteiger partial charge is 0.497 e. The second kappa shape index (κ2) is 6.93. The Labute approximate surface area is 147 Å². The molecule has 0 spiro atoms. The first-order chi connectivity index (χ1) is 12.1. The number of ether oxygens (including phenoxy) is 1. The van der Waals surface area contributed by atoms with E-state index < -0.39 is 5.54 Å². The van der Waals surface area contributed by atoms with Crippen molar-refractivity contribution in [3.63, 3.8) is 0 Å². The maximum absolute atomic E-state index is 5.22. The summed E-state index contributed by atoms with van der Waals surface area (Å²) in [4.78, 5) is 0. The first-order valence-electron chi connectivity index (χ1n) is 8.34. The molecule has 25 heavy (non-hydrogen) atoms. The number of anilines is 1. The van der Waals surface area contributed by atoms with Crippen molar-refractivity contribution >= 4 is 5.69 Å². The number of methoxy groups -OCH3 is 1. The molecule has 0 saturated heterocycles. The average molecular weight is 337 g/mol. The van der Waals surface area contributed by atoms with Gasteiger partial charge in [-0.05, 0) is 72.7 Å². The van der Waals surface area contributed by atoms with E-state index in [1.165, 1.54) is 5.56 Å². The number of hydrogen-bond donors (Lipinski definition) is 1. The van der Waals surface area contributed by atoms with Crippen molar-refractivity contribution in [3.8, 4) is 11.4 Å². The van der Waals surface area contributed by atoms with Crippen LogP contribution in [-0.2, 0) is 5.54 Å². The fourth-order valence-electron chi connectivity index (χ4n) is 2.76. The number of nitrogens with zero attached hydrogens (tertiary/aromatic N) is 4. The van der Waals surface area contributed by atoms with Gasteiger partial charge in [0.25, 0.3) is 0 Å². The first-order valence-corrected chi connectivity index (χ1v) is 8.34. The minimum atomic E-state index is -0.415. The van der Waals surface area contributed by atoms with Gasteiger partial charge in [-0.15, -0.1) is 5.10 Å². The molecule has 0 aliphatic heterocycles. The fourth-order valence-corrected chi connectivity index (χ4v) is 2.76. The van der Waals surface area contributed by atoms with Crippen LogP contribution in [0.25, 0.3) is 5.69 Å². The zero-order valence-electron chi connectivity index (χ0n) is 15.0. The van der Waals surface area contributed by atoms with Crippen LogP contribution in [0.1, 0.15) is 31.7 Å². The van der Waals surface area contributed by atoms with Crippen LogP contribution in [0.2, 0.25) is 0 Å². The van der Waals surface area contributed by atoms with Crippen molar-refractivity contribution in [1.82, 2.24) is 20.2 Å². The number of aromatic nitrogens is 4. The molecule has 0 amide bonds. The SMILES string of the molecule is CC[C@](C)(Nc1ccc(OC)cc1)c1nnnn1-c1cccc(C)c1. The quantitative estimate of drug-likeness (QED) is 0.743. The zero-order valence-corrected chi connectivity index (χ0v) is 15.0. The molecule has 0 unspecified atom stereocenters. The molecule has 0 aliphatic rings. The van der Waals surface area contributed by atoms with E-state index in [0.29, 0.717) is 0 Å². The van der Waals surface area contributed by atoms with E-state index in [1.54, 1.807) is 11.8 Å². The Balaban J connectivity index is 1.96. The molecule has 6 nitrogen and oxygen atoms in total. The Bertz CT molecular complexity index is 843. The van der Waals surface area contributed by atoms with E-state index in [2.05, 4.69) is 53.7 Å². The third-order valence-electron chi connectivity index (χ3n) is 4.43. The molecule has 3 rings (SSSR count). The van der Waals surface area contributed by atoms with Crippen LogP contribution in [0, 0.1) is 6.92 Å². The minimum Gasteiger partial charge on any atom is -0.497 e. The van der Waals surface area contributed by atoms with Gasteiger partial charge in [0.05, 0.1) is 18.3 Å². The third-order valence-corrected chi connectivity index (χ3v) is 4.43. The molecule has 1 atom stereocenters. The smallest absolute Gasteiger partial charge is 0.181 e. The van der Waals surface area contributed by atoms with Gasteiger partial charge in [-0.2, -0.15) is 4.68 Å². The highest BCUT2D eigenvalue weighted by atomic mass is 16.5. The monoisotopic (exact) mass is 337 g/mol. The lowest BCUT2D eigenvalue weighted by molar-refractivity contribution is 0.414. The summed E-state index contributed by atoms with van der Waals surface area (Å²) in [7, 11) is 1.66. The van der Waals surface area contributed by atoms with Crippen molar-refractivity contribution < 1.29 is 4.74 Å². The fraction of sp³-hybridized carbons (Fsp3) is 0.316. The lowest BCUT2D eigenvalue weighted by Crippen LogP contribution is -2.34. The summed E-state index contributed by atoms with van der Waals surface area (Å²) in [6.07, 6.45) is 0.825. The topological polar surface area (TPSA) is 64.9 Å². The van der Waals surface area contributed by atoms with Gasteiger partial charge < -0.3 is 10.1 Å². The van der Waals surface area contributed by atoms with Gasteiger partial charge in [0.15, 0.2) is 5.82 Å². The average Bonchev–Trinajstić information content (AvgIpc) is 3.13. The molecule has 0 fully saturated rings. The lowest BCUT2D eigenvalue weighted by Gasteiger charge is -2.29. The number of hydrogen-bond acceptors (Lipinski definition) is 5. The Morgan fingerprint density at radius 2 is 1.92 bits per heavy atom. The van der Waals surface area contributed by atoms with E-state index in [9.17, 15) is 0 Å². The van der Waals surface area contributed by atoms with Gasteiger partial charge in [0.1, 0.15) is 5.75 Å². The zero-order chi connectivity index (χ0) is 17.9. The molecule has 0 radical (unpaired) electrons. The van der Waals surface area contributed by atoms with Gasteiger partial charge >= 0.3 is 0 Å². The van der Waals surface area contributed by atoms with Crippen molar-refractivity contribution in [2.24, 2.45) is 0 Å². The summed E-state index contributed by atoms with van der Waals surface area (Å²) < 4.78 is 7.02. The van der Waals surface area contributed by atoms with E-state index in [0.717, 1.165) is 29.4 Å². The molecule has 1 heterocycles. The van der Waals surface area contributed by atoms with Crippen LogP contribution in [0.5, 0.6) is 5.75 Å². The van der Waals surface area contributed by atoms with Gasteiger partial charge in [0.2, 0.25) is 0 Å². The molecule has 0 bridgehead atoms. The van der Waals surface area contributed by atoms with Crippen LogP contribution in [-0.4, -0.2) is 27.3 Å². The van der Waals surface area contributed by atoms with Crippen LogP contribution in [0.4, 0.5) is 5.69 Å². The van der Waals surface area contributed by atoms with E-state index in [-0.39, 0.29) is 0 Å². The van der Waals surface area contributed by atoms with Gasteiger partial charge in [-0.25, -0.2) is 0 Å². The second-order valence-electron chi connectivity index (χ2n) is 6.29. The maximum atomic E-state index is 5.22. The molecule has 1 aromatic heterocycles. The van der Waals surface area contributed by atoms with Gasteiger partial charge in [-0.1, -0.05) is 19.1 Å². The minimum absolute atomic E-state index is 0.415. The normalized spacial score (nSPS) is 13.3. The molecular weight excluding hydrogens is 314 g/mol. The van der Waals surface area contributed by atoms with Crippen molar-refractivity contribution in [3.05, 3.63) is 59.9 Å². The summed E-state index contributed by atoms with van der Waals surface area (Å²) in [6, 6.07) is 16.0. The Morgan fingerprint density at radius 1 is 1.16 bits per heavy atom. The summed E-state index contributed by atoms with van der Waals surface area (Å²) >= 11 is 0. The number of benzene rings is 2. The molecule has 2 aromatic carbocycles. The molecule has 0 saturated carbocycles. The highest BCUT2D eigenvalue weighted by Gasteiger charge is 2.31. The van der Waals surface area contributed by atoms with Crippen LogP contribution >= 0.6 is 0 Å². The Hall–Kier alpha value is -2.89. The summed E-state index contributed by atoms with van der Waals surface area (Å²) in [6.45, 7) is 6.28. The predicted molar refractivity (Wildman–Crippen MR) is 98.2 cm³/mol. The lowest BCUT2D eigenvalue weighted by atomic mass is 9.97. The number of tetrazole rings is 1. The van der Waals surface area contributed by atoms with E-state index in [4.69, 9.17) is 4.74 Å². The van der Waals surface area contributed by atoms with Crippen LogP contribution in [0.3, 0.4) is 0 Å². The second-order valence-corrected chi connectivity index (χ2v) is 6.29. The molecule has 0 aliphatic carbocycles.